The minimum Gasteiger partial charge on any atom is -0.444 e. The Morgan fingerprint density at radius 3 is 2.47 bits per heavy atom. The van der Waals surface area contributed by atoms with Crippen molar-refractivity contribution in [2.24, 2.45) is 0 Å². The van der Waals surface area contributed by atoms with Crippen LogP contribution < -0.4 is 16.0 Å². The first kappa shape index (κ1) is 39.4. The zero-order chi connectivity index (χ0) is 38.3. The Hall–Kier alpha value is -4.80. The number of thioether (sulfide) groups is 1. The molecule has 1 atom stereocenters. The summed E-state index contributed by atoms with van der Waals surface area (Å²) in [6, 6.07) is 22.7. The number of rotatable bonds is 10. The summed E-state index contributed by atoms with van der Waals surface area (Å²) in [4.78, 5) is 56.2. The number of ether oxygens (including phenoxy) is 1. The Kier molecular flexibility index (Phi) is 12.9. The second-order valence-corrected chi connectivity index (χ2v) is 16.1. The Morgan fingerprint density at radius 1 is 1.04 bits per heavy atom. The Morgan fingerprint density at radius 2 is 1.77 bits per heavy atom. The molecule has 5 rings (SSSR count). The van der Waals surface area contributed by atoms with Crippen LogP contribution in [0, 0.1) is 11.3 Å². The fourth-order valence-electron chi connectivity index (χ4n) is 5.35. The predicted octanol–water partition coefficient (Wildman–Crippen LogP) is 9.14. The summed E-state index contributed by atoms with van der Waals surface area (Å²) in [7, 11) is 0. The summed E-state index contributed by atoms with van der Waals surface area (Å²) in [6.45, 7) is 8.02. The van der Waals surface area contributed by atoms with Gasteiger partial charge in [0.2, 0.25) is 5.91 Å². The van der Waals surface area contributed by atoms with Crippen molar-refractivity contribution in [1.29, 1.82) is 5.26 Å². The van der Waals surface area contributed by atoms with Gasteiger partial charge in [0.05, 0.1) is 27.4 Å². The van der Waals surface area contributed by atoms with Gasteiger partial charge in [0.25, 0.3) is 11.8 Å². The highest BCUT2D eigenvalue weighted by Crippen LogP contribution is 2.38. The van der Waals surface area contributed by atoms with E-state index in [1.54, 1.807) is 71.6 Å². The molecule has 0 bridgehead atoms. The molecule has 4 amide bonds. The number of hydrogen-bond acceptors (Lipinski definition) is 8. The molecule has 0 spiro atoms. The summed E-state index contributed by atoms with van der Waals surface area (Å²) in [5.41, 5.74) is 1.78. The predicted molar refractivity (Wildman–Crippen MR) is 211 cm³/mol. The van der Waals surface area contributed by atoms with Crippen LogP contribution in [0.2, 0.25) is 10.0 Å². The summed E-state index contributed by atoms with van der Waals surface area (Å²) < 4.78 is 5.53. The van der Waals surface area contributed by atoms with Gasteiger partial charge in [0.15, 0.2) is 0 Å². The van der Waals surface area contributed by atoms with Gasteiger partial charge in [-0.2, -0.15) is 5.26 Å². The lowest BCUT2D eigenvalue weighted by atomic mass is 10.0. The molecule has 0 fully saturated rings. The van der Waals surface area contributed by atoms with Crippen LogP contribution in [0.5, 0.6) is 0 Å². The number of halogens is 2. The molecule has 1 unspecified atom stereocenters. The maximum atomic E-state index is 13.6. The third-order valence-electron chi connectivity index (χ3n) is 7.90. The van der Waals surface area contributed by atoms with E-state index < -0.39 is 28.8 Å². The molecule has 0 saturated carbocycles. The van der Waals surface area contributed by atoms with Crippen LogP contribution in [0.15, 0.2) is 83.4 Å². The molecule has 0 radical (unpaired) electrons. The van der Waals surface area contributed by atoms with Crippen molar-refractivity contribution in [2.75, 3.05) is 17.2 Å². The van der Waals surface area contributed by atoms with Crippen LogP contribution in [0.1, 0.15) is 66.0 Å². The first-order valence-corrected chi connectivity index (χ1v) is 19.1. The molecule has 0 saturated heterocycles. The first-order chi connectivity index (χ1) is 25.3. The summed E-state index contributed by atoms with van der Waals surface area (Å²) in [6.07, 6.45) is 1.99. The average Bonchev–Trinajstić information content (AvgIpc) is 3.47. The number of anilines is 2. The van der Waals surface area contributed by atoms with Gasteiger partial charge in [0.1, 0.15) is 22.4 Å². The molecule has 3 aromatic carbocycles. The fraction of sp³-hybridized carbons (Fsp3) is 0.256. The van der Waals surface area contributed by atoms with Crippen molar-refractivity contribution in [2.45, 2.75) is 62.8 Å². The molecule has 3 N–H and O–H groups in total. The van der Waals surface area contributed by atoms with Gasteiger partial charge in [-0.05, 0) is 87.2 Å². The number of carbonyl (C=O) groups excluding carboxylic acids is 4. The normalized spacial score (nSPS) is 13.3. The number of nitrogens with one attached hydrogen (secondary N) is 3. The number of amides is 4. The maximum absolute atomic E-state index is 13.6. The van der Waals surface area contributed by atoms with Crippen LogP contribution in [-0.2, 0) is 27.3 Å². The van der Waals surface area contributed by atoms with E-state index >= 15 is 0 Å². The molecular formula is C39H37Cl2N5O5S2. The highest BCUT2D eigenvalue weighted by atomic mass is 35.5. The van der Waals surface area contributed by atoms with Gasteiger partial charge in [0, 0.05) is 27.6 Å². The molecule has 1 aromatic heterocycles. The second-order valence-electron chi connectivity index (χ2n) is 13.0. The number of nitriles is 1. The van der Waals surface area contributed by atoms with E-state index in [1.165, 1.54) is 29.2 Å². The standard InChI is InChI=1S/C39H37Cl2N5O5S2/c1-5-31(36(49)45-37-28(21-42)27-17-18-46(22-32(27)53-37)38(50)51-39(2,3)4)52-26-15-10-14-25(20-26)43-35(48)30(19-24-13-9-16-29(40)33(24)41)44-34(47)23-11-7-6-8-12-23/h6-16,19-20,31H,5,17-18,22H2,1-4H3,(H,43,48)(H,44,47)(H,45,49)/b30-19+. The molecule has 4 aromatic rings. The monoisotopic (exact) mass is 789 g/mol. The maximum Gasteiger partial charge on any atom is 0.410 e. The van der Waals surface area contributed by atoms with Gasteiger partial charge >= 0.3 is 6.09 Å². The van der Waals surface area contributed by atoms with Gasteiger partial charge in [-0.3, -0.25) is 14.4 Å². The van der Waals surface area contributed by atoms with E-state index in [9.17, 15) is 24.4 Å². The summed E-state index contributed by atoms with van der Waals surface area (Å²) >= 11 is 15.2. The Balaban J connectivity index is 1.29. The van der Waals surface area contributed by atoms with Crippen molar-refractivity contribution in [3.05, 3.63) is 116 Å². The summed E-state index contributed by atoms with van der Waals surface area (Å²) in [5.74, 6) is -1.37. The third kappa shape index (κ3) is 10.2. The quantitative estimate of drug-likeness (QED) is 0.108. The number of fused-ring (bicyclic) bond motifs is 1. The van der Waals surface area contributed by atoms with Crippen molar-refractivity contribution in [1.82, 2.24) is 10.2 Å². The lowest BCUT2D eigenvalue weighted by molar-refractivity contribution is -0.116. The van der Waals surface area contributed by atoms with Gasteiger partial charge in [-0.25, -0.2) is 4.79 Å². The fourth-order valence-corrected chi connectivity index (χ4v) is 7.94. The van der Waals surface area contributed by atoms with Crippen LogP contribution in [-0.4, -0.2) is 46.1 Å². The lowest BCUT2D eigenvalue weighted by Gasteiger charge is -2.29. The van der Waals surface area contributed by atoms with Gasteiger partial charge < -0.3 is 25.6 Å². The molecule has 53 heavy (non-hydrogen) atoms. The van der Waals surface area contributed by atoms with E-state index in [1.807, 2.05) is 33.8 Å². The van der Waals surface area contributed by atoms with Crippen molar-refractivity contribution >= 4 is 86.9 Å². The van der Waals surface area contributed by atoms with Crippen LogP contribution in [0.25, 0.3) is 6.08 Å². The first-order valence-electron chi connectivity index (χ1n) is 16.7. The van der Waals surface area contributed by atoms with E-state index in [0.29, 0.717) is 63.2 Å². The largest absolute Gasteiger partial charge is 0.444 e. The van der Waals surface area contributed by atoms with E-state index in [-0.39, 0.29) is 16.6 Å². The van der Waals surface area contributed by atoms with Crippen molar-refractivity contribution < 1.29 is 23.9 Å². The zero-order valence-electron chi connectivity index (χ0n) is 29.4. The Labute approximate surface area is 326 Å². The number of carbonyl (C=O) groups is 4. The molecule has 10 nitrogen and oxygen atoms in total. The lowest BCUT2D eigenvalue weighted by Crippen LogP contribution is -2.39. The summed E-state index contributed by atoms with van der Waals surface area (Å²) in [5, 5.41) is 18.9. The van der Waals surface area contributed by atoms with Gasteiger partial charge in [-0.1, -0.05) is 66.5 Å². The van der Waals surface area contributed by atoms with Gasteiger partial charge in [-0.15, -0.1) is 23.1 Å². The third-order valence-corrected chi connectivity index (χ3v) is 11.2. The van der Waals surface area contributed by atoms with Crippen LogP contribution in [0.3, 0.4) is 0 Å². The molecule has 2 heterocycles. The van der Waals surface area contributed by atoms with Crippen molar-refractivity contribution in [3.8, 4) is 6.07 Å². The highest BCUT2D eigenvalue weighted by molar-refractivity contribution is 8.00. The second kappa shape index (κ2) is 17.4. The number of hydrogen-bond donors (Lipinski definition) is 3. The smallest absolute Gasteiger partial charge is 0.410 e. The van der Waals surface area contributed by atoms with Crippen molar-refractivity contribution in [3.63, 3.8) is 0 Å². The molecular weight excluding hydrogens is 753 g/mol. The molecule has 1 aliphatic rings. The minimum atomic E-state index is -0.631. The molecule has 14 heteroatoms. The van der Waals surface area contributed by atoms with Crippen LogP contribution in [0.4, 0.5) is 15.5 Å². The minimum absolute atomic E-state index is 0.0620. The SMILES string of the molecule is CCC(Sc1cccc(NC(=O)/C(=C\c2cccc(Cl)c2Cl)NC(=O)c2ccccc2)c1)C(=O)Nc1sc2c(c1C#N)CCN(C(=O)OC(C)(C)C)C2. The van der Waals surface area contributed by atoms with Crippen LogP contribution >= 0.6 is 46.3 Å². The Bertz CT molecular complexity index is 2110. The molecule has 274 valence electrons. The zero-order valence-corrected chi connectivity index (χ0v) is 32.6. The topological polar surface area (TPSA) is 141 Å². The molecule has 0 aliphatic carbocycles. The van der Waals surface area contributed by atoms with E-state index in [0.717, 1.165) is 10.4 Å². The highest BCUT2D eigenvalue weighted by Gasteiger charge is 2.31. The average molecular weight is 791 g/mol. The number of nitrogens with zero attached hydrogens (tertiary/aromatic N) is 2. The van der Waals surface area contributed by atoms with E-state index in [2.05, 4.69) is 22.0 Å². The number of thiophene rings is 1. The molecule has 1 aliphatic heterocycles. The van der Waals surface area contributed by atoms with E-state index in [4.69, 9.17) is 27.9 Å². The number of benzene rings is 3.